The number of rotatable bonds is 6. The van der Waals surface area contributed by atoms with Gasteiger partial charge in [-0.1, -0.05) is 0 Å². The maximum atomic E-state index is 12.0. The van der Waals surface area contributed by atoms with Gasteiger partial charge in [0.05, 0.1) is 12.5 Å². The molecular weight excluding hydrogens is 278 g/mol. The van der Waals surface area contributed by atoms with Gasteiger partial charge in [0.1, 0.15) is 13.2 Å². The van der Waals surface area contributed by atoms with E-state index in [4.69, 9.17) is 19.3 Å². The largest absolute Gasteiger partial charge is 0.486 e. The van der Waals surface area contributed by atoms with E-state index in [0.29, 0.717) is 30.3 Å². The van der Waals surface area contributed by atoms with Crippen LogP contribution in [0.25, 0.3) is 0 Å². The second kappa shape index (κ2) is 6.94. The molecule has 0 fully saturated rings. The highest BCUT2D eigenvalue weighted by atomic mass is 16.6. The molecule has 0 saturated carbocycles. The Morgan fingerprint density at radius 1 is 1.33 bits per heavy atom. The Kier molecular flexibility index (Phi) is 4.99. The van der Waals surface area contributed by atoms with Crippen LogP contribution in [0.1, 0.15) is 16.8 Å². The highest BCUT2D eigenvalue weighted by Gasteiger charge is 2.17. The Labute approximate surface area is 121 Å². The molecule has 21 heavy (non-hydrogen) atoms. The highest BCUT2D eigenvalue weighted by molar-refractivity contribution is 5.94. The van der Waals surface area contributed by atoms with E-state index in [2.05, 4.69) is 5.32 Å². The quantitative estimate of drug-likeness (QED) is 0.801. The van der Waals surface area contributed by atoms with Gasteiger partial charge >= 0.3 is 5.97 Å². The number of carbonyl (C=O) groups is 2. The Morgan fingerprint density at radius 3 is 2.71 bits per heavy atom. The highest BCUT2D eigenvalue weighted by Crippen LogP contribution is 2.30. The zero-order valence-electron chi connectivity index (χ0n) is 11.6. The third-order valence-electron chi connectivity index (χ3n) is 3.03. The van der Waals surface area contributed by atoms with E-state index < -0.39 is 12.1 Å². The molecule has 1 aromatic carbocycles. The van der Waals surface area contributed by atoms with Crippen LogP contribution >= 0.6 is 0 Å². The molecule has 114 valence electrons. The minimum atomic E-state index is -0.976. The Hall–Kier alpha value is -2.28. The summed E-state index contributed by atoms with van der Waals surface area (Å²) in [6.45, 7) is 1.06. The summed E-state index contributed by atoms with van der Waals surface area (Å²) < 4.78 is 15.8. The van der Waals surface area contributed by atoms with Gasteiger partial charge in [-0.05, 0) is 18.2 Å². The van der Waals surface area contributed by atoms with E-state index in [1.54, 1.807) is 18.2 Å². The zero-order chi connectivity index (χ0) is 15.2. The molecule has 0 spiro atoms. The minimum absolute atomic E-state index is 0.121. The van der Waals surface area contributed by atoms with E-state index in [0.717, 1.165) is 0 Å². The Bertz CT molecular complexity index is 530. The molecule has 7 nitrogen and oxygen atoms in total. The van der Waals surface area contributed by atoms with E-state index in [9.17, 15) is 9.59 Å². The molecule has 1 aromatic rings. The van der Waals surface area contributed by atoms with Crippen LogP contribution in [0, 0.1) is 0 Å². The minimum Gasteiger partial charge on any atom is -0.486 e. The molecule has 2 N–H and O–H groups in total. The van der Waals surface area contributed by atoms with E-state index in [1.165, 1.54) is 7.11 Å². The summed E-state index contributed by atoms with van der Waals surface area (Å²) in [6.07, 6.45) is -0.735. The third kappa shape index (κ3) is 4.09. The predicted molar refractivity (Wildman–Crippen MR) is 72.8 cm³/mol. The normalized spacial score (nSPS) is 14.3. The molecule has 1 aliphatic heterocycles. The summed E-state index contributed by atoms with van der Waals surface area (Å²) in [4.78, 5) is 22.6. The van der Waals surface area contributed by atoms with Crippen molar-refractivity contribution in [3.63, 3.8) is 0 Å². The van der Waals surface area contributed by atoms with Crippen LogP contribution in [0.15, 0.2) is 18.2 Å². The van der Waals surface area contributed by atoms with Crippen molar-refractivity contribution in [2.24, 2.45) is 0 Å². The summed E-state index contributed by atoms with van der Waals surface area (Å²) in [6, 6.07) is 4.90. The van der Waals surface area contributed by atoms with Gasteiger partial charge < -0.3 is 24.6 Å². The number of carbonyl (C=O) groups excluding carboxylic acids is 1. The van der Waals surface area contributed by atoms with Crippen LogP contribution in [0.2, 0.25) is 0 Å². The van der Waals surface area contributed by atoms with Crippen LogP contribution in [-0.4, -0.2) is 50.0 Å². The van der Waals surface area contributed by atoms with E-state index in [1.807, 2.05) is 0 Å². The smallest absolute Gasteiger partial charge is 0.306 e. The first-order valence-electron chi connectivity index (χ1n) is 6.52. The summed E-state index contributed by atoms with van der Waals surface area (Å²) >= 11 is 0. The fourth-order valence-electron chi connectivity index (χ4n) is 1.93. The Balaban J connectivity index is 1.95. The molecule has 2 rings (SSSR count). The average Bonchev–Trinajstić information content (AvgIpc) is 2.50. The number of hydrogen-bond donors (Lipinski definition) is 2. The molecular formula is C14H17NO6. The summed E-state index contributed by atoms with van der Waals surface area (Å²) in [5.41, 5.74) is 0.421. The number of methoxy groups -OCH3 is 1. The Morgan fingerprint density at radius 2 is 2.05 bits per heavy atom. The lowest BCUT2D eigenvalue weighted by Gasteiger charge is -2.19. The summed E-state index contributed by atoms with van der Waals surface area (Å²) in [5, 5.41) is 11.3. The molecule has 1 aliphatic rings. The number of amides is 1. The molecule has 1 atom stereocenters. The van der Waals surface area contributed by atoms with Crippen molar-refractivity contribution >= 4 is 11.9 Å². The van der Waals surface area contributed by atoms with E-state index >= 15 is 0 Å². The molecule has 0 saturated heterocycles. The van der Waals surface area contributed by atoms with Gasteiger partial charge in [-0.2, -0.15) is 0 Å². The molecule has 1 heterocycles. The first kappa shape index (κ1) is 15.1. The number of carboxylic acid groups (broad SMARTS) is 1. The maximum absolute atomic E-state index is 12.0. The predicted octanol–water partition coefficient (Wildman–Crippen LogP) is 0.677. The van der Waals surface area contributed by atoms with Gasteiger partial charge in [0.25, 0.3) is 5.91 Å². The lowest BCUT2D eigenvalue weighted by atomic mass is 10.1. The third-order valence-corrected chi connectivity index (χ3v) is 3.03. The zero-order valence-corrected chi connectivity index (χ0v) is 11.6. The number of fused-ring (bicyclic) bond motifs is 1. The summed E-state index contributed by atoms with van der Waals surface area (Å²) in [7, 11) is 1.41. The van der Waals surface area contributed by atoms with Crippen LogP contribution in [0.4, 0.5) is 0 Å². The monoisotopic (exact) mass is 295 g/mol. The van der Waals surface area contributed by atoms with Crippen LogP contribution < -0.4 is 14.8 Å². The lowest BCUT2D eigenvalue weighted by Crippen LogP contribution is -2.34. The number of carboxylic acids is 1. The number of aliphatic carboxylic acids is 1. The SMILES string of the molecule is COC(CNC(=O)c1ccc2c(c1)OCCO2)CC(=O)O. The molecule has 0 aromatic heterocycles. The van der Waals surface area contributed by atoms with Crippen molar-refractivity contribution in [3.05, 3.63) is 23.8 Å². The fourth-order valence-corrected chi connectivity index (χ4v) is 1.93. The van der Waals surface area contributed by atoms with Crippen LogP contribution in [0.3, 0.4) is 0 Å². The molecule has 1 amide bonds. The van der Waals surface area contributed by atoms with Gasteiger partial charge in [0, 0.05) is 19.2 Å². The van der Waals surface area contributed by atoms with Gasteiger partial charge in [0.15, 0.2) is 11.5 Å². The van der Waals surface area contributed by atoms with Crippen molar-refractivity contribution in [1.29, 1.82) is 0 Å². The van der Waals surface area contributed by atoms with Crippen LogP contribution in [0.5, 0.6) is 11.5 Å². The maximum Gasteiger partial charge on any atom is 0.306 e. The standard InChI is InChI=1S/C14H17NO6/c1-19-10(7-13(16)17)8-15-14(18)9-2-3-11-12(6-9)21-5-4-20-11/h2-3,6,10H,4-5,7-8H2,1H3,(H,15,18)(H,16,17). The van der Waals surface area contributed by atoms with Crippen molar-refractivity contribution in [3.8, 4) is 11.5 Å². The van der Waals surface area contributed by atoms with Crippen molar-refractivity contribution < 1.29 is 28.9 Å². The number of nitrogens with one attached hydrogen (secondary N) is 1. The number of ether oxygens (including phenoxy) is 3. The lowest BCUT2D eigenvalue weighted by molar-refractivity contribution is -0.139. The average molecular weight is 295 g/mol. The second-order valence-electron chi connectivity index (χ2n) is 4.52. The molecule has 0 aliphatic carbocycles. The summed E-state index contributed by atoms with van der Waals surface area (Å²) in [5.74, 6) is -0.156. The molecule has 0 radical (unpaired) electrons. The van der Waals surface area contributed by atoms with E-state index in [-0.39, 0.29) is 18.9 Å². The van der Waals surface area contributed by atoms with Gasteiger partial charge in [-0.25, -0.2) is 0 Å². The first-order valence-corrected chi connectivity index (χ1v) is 6.52. The fraction of sp³-hybridized carbons (Fsp3) is 0.429. The molecule has 0 bridgehead atoms. The topological polar surface area (TPSA) is 94.1 Å². The molecule has 7 heteroatoms. The second-order valence-corrected chi connectivity index (χ2v) is 4.52. The van der Waals surface area contributed by atoms with Crippen LogP contribution in [-0.2, 0) is 9.53 Å². The molecule has 1 unspecified atom stereocenters. The number of hydrogen-bond acceptors (Lipinski definition) is 5. The first-order chi connectivity index (χ1) is 10.1. The van der Waals surface area contributed by atoms with Gasteiger partial charge in [-0.3, -0.25) is 9.59 Å². The van der Waals surface area contributed by atoms with Crippen molar-refractivity contribution in [1.82, 2.24) is 5.32 Å². The van der Waals surface area contributed by atoms with Gasteiger partial charge in [-0.15, -0.1) is 0 Å². The van der Waals surface area contributed by atoms with Crippen molar-refractivity contribution in [2.45, 2.75) is 12.5 Å². The van der Waals surface area contributed by atoms with Gasteiger partial charge in [0.2, 0.25) is 0 Å². The van der Waals surface area contributed by atoms with Crippen molar-refractivity contribution in [2.75, 3.05) is 26.9 Å². The number of benzene rings is 1.